The largest absolute Gasteiger partial charge is 0.390 e. The number of benzene rings is 1. The third-order valence-electron chi connectivity index (χ3n) is 4.93. The molecule has 0 fully saturated rings. The molecular weight excluding hydrogens is 364 g/mol. The molecule has 0 aliphatic heterocycles. The molecule has 0 bridgehead atoms. The van der Waals surface area contributed by atoms with Gasteiger partial charge in [-0.1, -0.05) is 38.0 Å². The molecule has 7 heteroatoms. The minimum absolute atomic E-state index is 0.0867. The maximum Gasteiger partial charge on any atom is 0.159 e. The van der Waals surface area contributed by atoms with Crippen molar-refractivity contribution in [2.75, 3.05) is 0 Å². The molecule has 0 aliphatic carbocycles. The molecular formula is C22H24N6O. The molecule has 1 aromatic carbocycles. The van der Waals surface area contributed by atoms with Crippen LogP contribution in [0.5, 0.6) is 0 Å². The first-order valence-electron chi connectivity index (χ1n) is 9.83. The second-order valence-corrected chi connectivity index (χ2v) is 7.03. The zero-order valence-electron chi connectivity index (χ0n) is 16.4. The van der Waals surface area contributed by atoms with Crippen LogP contribution in [0.1, 0.15) is 43.6 Å². The van der Waals surface area contributed by atoms with Crippen molar-refractivity contribution in [1.29, 1.82) is 0 Å². The number of rotatable bonds is 7. The number of aliphatic hydroxyl groups excluding tert-OH is 1. The van der Waals surface area contributed by atoms with Crippen molar-refractivity contribution in [3.8, 4) is 17.2 Å². The monoisotopic (exact) mass is 388 g/mol. The van der Waals surface area contributed by atoms with Gasteiger partial charge in [0, 0.05) is 23.2 Å². The first kappa shape index (κ1) is 19.2. The quantitative estimate of drug-likeness (QED) is 0.502. The Labute approximate surface area is 169 Å². The Morgan fingerprint density at radius 2 is 2.03 bits per heavy atom. The van der Waals surface area contributed by atoms with Gasteiger partial charge in [0.2, 0.25) is 0 Å². The van der Waals surface area contributed by atoms with E-state index in [2.05, 4.69) is 22.0 Å². The molecule has 1 atom stereocenters. The number of aliphatic hydroxyl groups is 1. The Morgan fingerprint density at radius 1 is 1.14 bits per heavy atom. The normalized spacial score (nSPS) is 12.4. The van der Waals surface area contributed by atoms with Crippen molar-refractivity contribution < 1.29 is 5.11 Å². The van der Waals surface area contributed by atoms with Crippen LogP contribution in [0.15, 0.2) is 54.9 Å². The zero-order chi connectivity index (χ0) is 20.2. The smallest absolute Gasteiger partial charge is 0.159 e. The van der Waals surface area contributed by atoms with Gasteiger partial charge in [-0.25, -0.2) is 19.6 Å². The summed E-state index contributed by atoms with van der Waals surface area (Å²) in [7, 11) is 0. The summed E-state index contributed by atoms with van der Waals surface area (Å²) in [6.45, 7) is 2.04. The molecule has 7 nitrogen and oxygen atoms in total. The van der Waals surface area contributed by atoms with Crippen LogP contribution in [0.2, 0.25) is 0 Å². The van der Waals surface area contributed by atoms with Crippen LogP contribution in [-0.4, -0.2) is 29.8 Å². The van der Waals surface area contributed by atoms with Crippen LogP contribution >= 0.6 is 0 Å². The number of hydrogen-bond acceptors (Lipinski definition) is 6. The summed E-state index contributed by atoms with van der Waals surface area (Å²) < 4.78 is 1.76. The topological polar surface area (TPSA) is 103 Å². The molecule has 4 rings (SSSR count). The maximum atomic E-state index is 9.37. The van der Waals surface area contributed by atoms with Gasteiger partial charge in [-0.2, -0.15) is 5.10 Å². The van der Waals surface area contributed by atoms with Gasteiger partial charge in [0.15, 0.2) is 11.6 Å². The van der Waals surface area contributed by atoms with Gasteiger partial charge in [-0.05, 0) is 30.7 Å². The van der Waals surface area contributed by atoms with E-state index in [4.69, 9.17) is 10.7 Å². The summed E-state index contributed by atoms with van der Waals surface area (Å²) in [6.07, 6.45) is 6.65. The summed E-state index contributed by atoms with van der Waals surface area (Å²) in [5.74, 6) is 1.29. The van der Waals surface area contributed by atoms with Crippen LogP contribution in [-0.2, 0) is 6.61 Å². The lowest BCUT2D eigenvalue weighted by Crippen LogP contribution is -2.12. The minimum Gasteiger partial charge on any atom is -0.390 e. The van der Waals surface area contributed by atoms with Gasteiger partial charge < -0.3 is 10.8 Å². The Balaban J connectivity index is 1.72. The van der Waals surface area contributed by atoms with Crippen molar-refractivity contribution in [2.24, 2.45) is 5.73 Å². The van der Waals surface area contributed by atoms with Crippen LogP contribution < -0.4 is 5.73 Å². The maximum absolute atomic E-state index is 9.37. The van der Waals surface area contributed by atoms with E-state index < -0.39 is 0 Å². The van der Waals surface area contributed by atoms with Gasteiger partial charge in [0.25, 0.3) is 0 Å². The standard InChI is InChI=1S/C22H24N6O/c1-2-3-6-18(23)19-10-11-24-22(27-19)15-8-9-16-13-25-28(20(16)12-15)21-7-4-5-17(14-29)26-21/h4-5,7-13,18,29H,2-3,6,14,23H2,1H3. The van der Waals surface area contributed by atoms with E-state index in [1.54, 1.807) is 23.1 Å². The number of fused-ring (bicyclic) bond motifs is 1. The van der Waals surface area contributed by atoms with E-state index in [1.165, 1.54) is 0 Å². The fourth-order valence-electron chi connectivity index (χ4n) is 3.30. The molecule has 3 heterocycles. The Kier molecular flexibility index (Phi) is 5.59. The number of nitrogens with two attached hydrogens (primary N) is 1. The highest BCUT2D eigenvalue weighted by Crippen LogP contribution is 2.25. The third-order valence-corrected chi connectivity index (χ3v) is 4.93. The lowest BCUT2D eigenvalue weighted by molar-refractivity contribution is 0.276. The number of pyridine rings is 1. The van der Waals surface area contributed by atoms with Gasteiger partial charge in [0.05, 0.1) is 29.7 Å². The summed E-state index contributed by atoms with van der Waals surface area (Å²) in [5.41, 5.74) is 9.54. The lowest BCUT2D eigenvalue weighted by Gasteiger charge is -2.11. The highest BCUT2D eigenvalue weighted by molar-refractivity contribution is 5.84. The van der Waals surface area contributed by atoms with Gasteiger partial charge in [-0.15, -0.1) is 0 Å². The van der Waals surface area contributed by atoms with E-state index in [0.717, 1.165) is 41.4 Å². The highest BCUT2D eigenvalue weighted by Gasteiger charge is 2.12. The third kappa shape index (κ3) is 4.01. The van der Waals surface area contributed by atoms with E-state index >= 15 is 0 Å². The van der Waals surface area contributed by atoms with Crippen molar-refractivity contribution in [1.82, 2.24) is 24.7 Å². The molecule has 1 unspecified atom stereocenters. The molecule has 4 aromatic rings. The molecule has 148 valence electrons. The lowest BCUT2D eigenvalue weighted by atomic mass is 10.1. The van der Waals surface area contributed by atoms with E-state index in [0.29, 0.717) is 17.3 Å². The number of aromatic nitrogens is 5. The second-order valence-electron chi connectivity index (χ2n) is 7.03. The van der Waals surface area contributed by atoms with E-state index in [9.17, 15) is 5.11 Å². The van der Waals surface area contributed by atoms with Crippen LogP contribution in [0, 0.1) is 0 Å². The second kappa shape index (κ2) is 8.46. The molecule has 0 spiro atoms. The zero-order valence-corrected chi connectivity index (χ0v) is 16.4. The molecule has 0 amide bonds. The Hall–Kier alpha value is -3.16. The molecule has 3 N–H and O–H groups in total. The van der Waals surface area contributed by atoms with Crippen molar-refractivity contribution in [2.45, 2.75) is 38.8 Å². The summed E-state index contributed by atoms with van der Waals surface area (Å²) in [5, 5.41) is 14.8. The van der Waals surface area contributed by atoms with Gasteiger partial charge in [-0.3, -0.25) is 0 Å². The number of hydrogen-bond donors (Lipinski definition) is 2. The van der Waals surface area contributed by atoms with Crippen LogP contribution in [0.25, 0.3) is 28.1 Å². The fourth-order valence-corrected chi connectivity index (χ4v) is 3.30. The molecule has 0 aliphatic rings. The number of unbranched alkanes of at least 4 members (excludes halogenated alkanes) is 1. The summed E-state index contributed by atoms with van der Waals surface area (Å²) in [4.78, 5) is 13.6. The van der Waals surface area contributed by atoms with Gasteiger partial charge >= 0.3 is 0 Å². The first-order valence-corrected chi connectivity index (χ1v) is 9.83. The Morgan fingerprint density at radius 3 is 2.86 bits per heavy atom. The van der Waals surface area contributed by atoms with Crippen molar-refractivity contribution in [3.63, 3.8) is 0 Å². The molecule has 0 saturated carbocycles. The van der Waals surface area contributed by atoms with Crippen LogP contribution in [0.4, 0.5) is 0 Å². The molecule has 29 heavy (non-hydrogen) atoms. The Bertz CT molecular complexity index is 1120. The predicted molar refractivity (Wildman–Crippen MR) is 112 cm³/mol. The number of nitrogens with zero attached hydrogens (tertiary/aromatic N) is 5. The molecule has 0 saturated heterocycles. The van der Waals surface area contributed by atoms with Crippen molar-refractivity contribution >= 4 is 10.9 Å². The predicted octanol–water partition coefficient (Wildman–Crippen LogP) is 3.56. The summed E-state index contributed by atoms with van der Waals surface area (Å²) >= 11 is 0. The van der Waals surface area contributed by atoms with E-state index in [-0.39, 0.29) is 12.6 Å². The highest BCUT2D eigenvalue weighted by atomic mass is 16.3. The minimum atomic E-state index is -0.114. The molecule has 0 radical (unpaired) electrons. The fraction of sp³-hybridized carbons (Fsp3) is 0.273. The average Bonchev–Trinajstić information content (AvgIpc) is 3.21. The average molecular weight is 388 g/mol. The SMILES string of the molecule is CCCCC(N)c1ccnc(-c2ccc3cnn(-c4cccc(CO)n4)c3c2)n1. The van der Waals surface area contributed by atoms with E-state index in [1.807, 2.05) is 36.4 Å². The van der Waals surface area contributed by atoms with Crippen LogP contribution in [0.3, 0.4) is 0 Å². The first-order chi connectivity index (χ1) is 14.2. The van der Waals surface area contributed by atoms with Gasteiger partial charge in [0.1, 0.15) is 0 Å². The molecule has 3 aromatic heterocycles. The summed E-state index contributed by atoms with van der Waals surface area (Å²) in [6, 6.07) is 13.3. The van der Waals surface area contributed by atoms with Crippen molar-refractivity contribution in [3.05, 3.63) is 66.2 Å².